The van der Waals surface area contributed by atoms with Crippen LogP contribution in [-0.2, 0) is 19.5 Å². The van der Waals surface area contributed by atoms with Crippen LogP contribution >= 0.6 is 24.0 Å². The summed E-state index contributed by atoms with van der Waals surface area (Å²) in [4.78, 5) is 10.4. The molecule has 144 valence electrons. The molecule has 0 fully saturated rings. The summed E-state index contributed by atoms with van der Waals surface area (Å²) in [6.07, 6.45) is 3.64. The van der Waals surface area contributed by atoms with E-state index >= 15 is 0 Å². The van der Waals surface area contributed by atoms with Crippen LogP contribution in [0.3, 0.4) is 0 Å². The smallest absolute Gasteiger partial charge is 0.319 e. The Morgan fingerprint density at radius 3 is 2.46 bits per heavy atom. The molecule has 8 heteroatoms. The molecule has 26 heavy (non-hydrogen) atoms. The van der Waals surface area contributed by atoms with Gasteiger partial charge in [-0.05, 0) is 24.5 Å². The lowest BCUT2D eigenvalue weighted by molar-refractivity contribution is 0.0671. The Bertz CT molecular complexity index is 685. The number of nitrogens with one attached hydrogen (secondary N) is 1. The zero-order chi connectivity index (χ0) is 18.2. The van der Waals surface area contributed by atoms with E-state index in [-0.39, 0.29) is 36.3 Å². The number of aliphatic imine (C=N–C) groups is 1. The molecule has 1 heterocycles. The Balaban J connectivity index is 0.00000338. The number of guanidine groups is 1. The third-order valence-corrected chi connectivity index (χ3v) is 3.88. The highest BCUT2D eigenvalue weighted by Gasteiger charge is 2.12. The molecule has 1 aromatic heterocycles. The Kier molecular flexibility index (Phi) is 9.53. The van der Waals surface area contributed by atoms with Gasteiger partial charge in [-0.2, -0.15) is 8.78 Å². The van der Waals surface area contributed by atoms with Gasteiger partial charge >= 0.3 is 6.55 Å². The van der Waals surface area contributed by atoms with E-state index in [1.807, 2.05) is 18.9 Å². The molecule has 0 saturated carbocycles. The summed E-state index contributed by atoms with van der Waals surface area (Å²) in [5.74, 6) is 0.900. The molecule has 0 spiro atoms. The predicted molar refractivity (Wildman–Crippen MR) is 111 cm³/mol. The van der Waals surface area contributed by atoms with Crippen LogP contribution in [0, 0.1) is 0 Å². The number of aryl methyl sites for hydroxylation is 1. The lowest BCUT2D eigenvalue weighted by Crippen LogP contribution is -2.38. The second-order valence-corrected chi connectivity index (χ2v) is 5.72. The summed E-state index contributed by atoms with van der Waals surface area (Å²) >= 11 is 0. The van der Waals surface area contributed by atoms with Crippen LogP contribution in [0.5, 0.6) is 0 Å². The van der Waals surface area contributed by atoms with Gasteiger partial charge in [-0.15, -0.1) is 24.0 Å². The molecule has 0 aliphatic heterocycles. The molecule has 0 saturated heterocycles. The van der Waals surface area contributed by atoms with Crippen molar-refractivity contribution in [3.05, 3.63) is 53.6 Å². The maximum Gasteiger partial charge on any atom is 0.319 e. The van der Waals surface area contributed by atoms with E-state index in [0.29, 0.717) is 19.0 Å². The normalized spacial score (nSPS) is 11.4. The molecule has 0 aliphatic rings. The summed E-state index contributed by atoms with van der Waals surface area (Å²) in [5.41, 5.74) is 2.46. The van der Waals surface area contributed by atoms with Gasteiger partial charge in [0.2, 0.25) is 0 Å². The fraction of sp³-hybridized carbons (Fsp3) is 0.444. The molecule has 0 aliphatic carbocycles. The molecule has 1 aromatic carbocycles. The number of benzene rings is 1. The van der Waals surface area contributed by atoms with Gasteiger partial charge in [0, 0.05) is 32.5 Å². The molecule has 0 bridgehead atoms. The number of alkyl halides is 2. The van der Waals surface area contributed by atoms with Crippen molar-refractivity contribution in [2.24, 2.45) is 4.99 Å². The number of halogens is 3. The van der Waals surface area contributed by atoms with Crippen LogP contribution in [0.2, 0.25) is 0 Å². The van der Waals surface area contributed by atoms with Crippen molar-refractivity contribution in [2.45, 2.75) is 39.9 Å². The first kappa shape index (κ1) is 22.3. The highest BCUT2D eigenvalue weighted by molar-refractivity contribution is 14.0. The van der Waals surface area contributed by atoms with Crippen molar-refractivity contribution in [3.8, 4) is 0 Å². The van der Waals surface area contributed by atoms with E-state index in [4.69, 9.17) is 0 Å². The average molecular weight is 477 g/mol. The van der Waals surface area contributed by atoms with Gasteiger partial charge in [0.25, 0.3) is 0 Å². The molecule has 0 amide bonds. The fourth-order valence-electron chi connectivity index (χ4n) is 2.49. The lowest BCUT2D eigenvalue weighted by Gasteiger charge is -2.22. The molecule has 0 unspecified atom stereocenters. The minimum atomic E-state index is -2.61. The molecule has 0 radical (unpaired) electrons. The van der Waals surface area contributed by atoms with Crippen molar-refractivity contribution in [1.29, 1.82) is 0 Å². The zero-order valence-corrected chi connectivity index (χ0v) is 17.7. The van der Waals surface area contributed by atoms with Crippen molar-refractivity contribution in [2.75, 3.05) is 13.6 Å². The van der Waals surface area contributed by atoms with E-state index in [2.05, 4.69) is 46.5 Å². The number of imidazole rings is 1. The van der Waals surface area contributed by atoms with Crippen molar-refractivity contribution in [1.82, 2.24) is 19.8 Å². The highest BCUT2D eigenvalue weighted by Crippen LogP contribution is 2.13. The predicted octanol–water partition coefficient (Wildman–Crippen LogP) is 4.06. The Hall–Kier alpha value is -1.71. The topological polar surface area (TPSA) is 45.5 Å². The first-order chi connectivity index (χ1) is 12.0. The molecule has 1 N–H and O–H groups in total. The van der Waals surface area contributed by atoms with Crippen LogP contribution in [0.4, 0.5) is 8.78 Å². The monoisotopic (exact) mass is 477 g/mol. The summed E-state index contributed by atoms with van der Waals surface area (Å²) in [6, 6.07) is 8.43. The van der Waals surface area contributed by atoms with Crippen molar-refractivity contribution >= 4 is 29.9 Å². The third-order valence-electron chi connectivity index (χ3n) is 3.88. The van der Waals surface area contributed by atoms with Gasteiger partial charge in [-0.1, -0.05) is 31.2 Å². The highest BCUT2D eigenvalue weighted by atomic mass is 127. The number of hydrogen-bond donors (Lipinski definition) is 1. The molecule has 5 nitrogen and oxygen atoms in total. The van der Waals surface area contributed by atoms with Crippen LogP contribution in [-0.4, -0.2) is 34.0 Å². The molecule has 2 rings (SSSR count). The average Bonchev–Trinajstić information content (AvgIpc) is 3.08. The molecule has 2 aromatic rings. The summed E-state index contributed by atoms with van der Waals surface area (Å²) < 4.78 is 26.6. The standard InChI is InChI=1S/C18H25F2N5.HI/c1-4-14-6-8-15(9-7-14)13-24(3)18(21-5-2)23-12-16-22-10-11-25(16)17(19)20;/h6-11,17H,4-5,12-13H2,1-3H3,(H,21,23);1H. The van der Waals surface area contributed by atoms with Crippen molar-refractivity contribution < 1.29 is 8.78 Å². The number of aromatic nitrogens is 2. The molecular weight excluding hydrogens is 451 g/mol. The third kappa shape index (κ3) is 6.22. The number of hydrogen-bond acceptors (Lipinski definition) is 2. The van der Waals surface area contributed by atoms with E-state index in [1.54, 1.807) is 0 Å². The van der Waals surface area contributed by atoms with Gasteiger partial charge in [0.15, 0.2) is 5.96 Å². The second kappa shape index (κ2) is 11.1. The molecule has 0 atom stereocenters. The minimum absolute atomic E-state index is 0. The SMILES string of the molecule is CCNC(=NCc1nccn1C(F)F)N(C)Cc1ccc(CC)cc1.I. The zero-order valence-electron chi connectivity index (χ0n) is 15.3. The minimum Gasteiger partial charge on any atom is -0.357 e. The van der Waals surface area contributed by atoms with Gasteiger partial charge in [-0.25, -0.2) is 9.98 Å². The van der Waals surface area contributed by atoms with Crippen LogP contribution < -0.4 is 5.32 Å². The lowest BCUT2D eigenvalue weighted by atomic mass is 10.1. The van der Waals surface area contributed by atoms with E-state index in [0.717, 1.165) is 11.0 Å². The Labute approximate surface area is 170 Å². The summed E-state index contributed by atoms with van der Waals surface area (Å²) in [5, 5.41) is 3.19. The molecular formula is C18H26F2IN5. The summed E-state index contributed by atoms with van der Waals surface area (Å²) in [7, 11) is 1.93. The maximum atomic E-state index is 12.9. The van der Waals surface area contributed by atoms with Crippen LogP contribution in [0.1, 0.15) is 37.3 Å². The van der Waals surface area contributed by atoms with E-state index in [1.165, 1.54) is 23.5 Å². The van der Waals surface area contributed by atoms with Gasteiger partial charge in [0.05, 0.1) is 0 Å². The van der Waals surface area contributed by atoms with Gasteiger partial charge in [-0.3, -0.25) is 4.57 Å². The van der Waals surface area contributed by atoms with Crippen molar-refractivity contribution in [3.63, 3.8) is 0 Å². The Morgan fingerprint density at radius 1 is 1.23 bits per heavy atom. The maximum absolute atomic E-state index is 12.9. The number of rotatable bonds is 7. The largest absolute Gasteiger partial charge is 0.357 e. The van der Waals surface area contributed by atoms with Crippen LogP contribution in [0.15, 0.2) is 41.7 Å². The quantitative estimate of drug-likeness (QED) is 0.372. The first-order valence-electron chi connectivity index (χ1n) is 8.42. The Morgan fingerprint density at radius 2 is 1.88 bits per heavy atom. The van der Waals surface area contributed by atoms with Crippen LogP contribution in [0.25, 0.3) is 0 Å². The first-order valence-corrected chi connectivity index (χ1v) is 8.42. The van der Waals surface area contributed by atoms with E-state index in [9.17, 15) is 8.78 Å². The fourth-order valence-corrected chi connectivity index (χ4v) is 2.49. The van der Waals surface area contributed by atoms with Gasteiger partial charge < -0.3 is 10.2 Å². The summed E-state index contributed by atoms with van der Waals surface area (Å²) in [6.45, 7) is 2.96. The van der Waals surface area contributed by atoms with E-state index < -0.39 is 6.55 Å². The second-order valence-electron chi connectivity index (χ2n) is 5.72. The number of nitrogens with zero attached hydrogens (tertiary/aromatic N) is 4. The van der Waals surface area contributed by atoms with Gasteiger partial charge in [0.1, 0.15) is 12.4 Å².